The van der Waals surface area contributed by atoms with E-state index >= 15 is 0 Å². The average Bonchev–Trinajstić information content (AvgIpc) is 3.21. The van der Waals surface area contributed by atoms with Crippen LogP contribution < -0.4 is 5.43 Å². The van der Waals surface area contributed by atoms with Gasteiger partial charge in [-0.25, -0.2) is 4.98 Å². The van der Waals surface area contributed by atoms with Crippen LogP contribution >= 0.6 is 11.3 Å². The van der Waals surface area contributed by atoms with Crippen LogP contribution in [0.4, 0.5) is 5.13 Å². The monoisotopic (exact) mass is 331 g/mol. The van der Waals surface area contributed by atoms with Crippen molar-refractivity contribution >= 4 is 22.7 Å². The molecular formula is C17H21N3O2S. The zero-order chi connectivity index (χ0) is 15.9. The Kier molecular flexibility index (Phi) is 5.74. The summed E-state index contributed by atoms with van der Waals surface area (Å²) in [6, 6.07) is 8.18. The van der Waals surface area contributed by atoms with Crippen LogP contribution in [0.1, 0.15) is 29.7 Å². The smallest absolute Gasteiger partial charge is 0.203 e. The highest BCUT2D eigenvalue weighted by Crippen LogP contribution is 2.14. The van der Waals surface area contributed by atoms with E-state index < -0.39 is 0 Å². The van der Waals surface area contributed by atoms with Crippen LogP contribution in [0.15, 0.2) is 34.7 Å². The molecule has 1 atom stereocenters. The van der Waals surface area contributed by atoms with Crippen molar-refractivity contribution in [2.24, 2.45) is 5.10 Å². The van der Waals surface area contributed by atoms with Gasteiger partial charge in [-0.15, -0.1) is 11.3 Å². The number of hydrogen-bond acceptors (Lipinski definition) is 6. The summed E-state index contributed by atoms with van der Waals surface area (Å²) in [4.78, 5) is 4.29. The van der Waals surface area contributed by atoms with E-state index in [1.807, 2.05) is 24.4 Å². The van der Waals surface area contributed by atoms with Crippen LogP contribution in [0, 0.1) is 6.92 Å². The molecule has 0 aliphatic carbocycles. The normalized spacial score (nSPS) is 17.9. The maximum absolute atomic E-state index is 5.71. The van der Waals surface area contributed by atoms with Crippen LogP contribution in [0.3, 0.4) is 0 Å². The third-order valence-electron chi connectivity index (χ3n) is 3.57. The first kappa shape index (κ1) is 16.1. The summed E-state index contributed by atoms with van der Waals surface area (Å²) in [6.07, 6.45) is 4.33. The Morgan fingerprint density at radius 3 is 3.00 bits per heavy atom. The number of hydrazone groups is 1. The van der Waals surface area contributed by atoms with Gasteiger partial charge in [-0.05, 0) is 30.9 Å². The second-order valence-electron chi connectivity index (χ2n) is 5.56. The summed E-state index contributed by atoms with van der Waals surface area (Å²) in [7, 11) is 0. The lowest BCUT2D eigenvalue weighted by atomic mass is 10.1. The molecule has 0 bridgehead atoms. The van der Waals surface area contributed by atoms with Crippen molar-refractivity contribution in [2.75, 3.05) is 18.6 Å². The van der Waals surface area contributed by atoms with Gasteiger partial charge < -0.3 is 9.47 Å². The van der Waals surface area contributed by atoms with Crippen LogP contribution in [-0.2, 0) is 16.1 Å². The van der Waals surface area contributed by atoms with Crippen molar-refractivity contribution in [1.29, 1.82) is 0 Å². The summed E-state index contributed by atoms with van der Waals surface area (Å²) in [5.41, 5.74) is 6.12. The molecule has 5 nitrogen and oxygen atoms in total. The number of rotatable bonds is 7. The second kappa shape index (κ2) is 8.19. The molecule has 1 aliphatic rings. The Morgan fingerprint density at radius 2 is 2.30 bits per heavy atom. The van der Waals surface area contributed by atoms with Crippen molar-refractivity contribution in [3.05, 3.63) is 46.5 Å². The molecular weight excluding hydrogens is 310 g/mol. The van der Waals surface area contributed by atoms with E-state index in [2.05, 4.69) is 27.6 Å². The Bertz CT molecular complexity index is 634. The molecule has 2 aromatic rings. The minimum Gasteiger partial charge on any atom is -0.376 e. The van der Waals surface area contributed by atoms with Gasteiger partial charge >= 0.3 is 0 Å². The lowest BCUT2D eigenvalue weighted by Crippen LogP contribution is -2.13. The second-order valence-corrected chi connectivity index (χ2v) is 6.41. The fourth-order valence-corrected chi connectivity index (χ4v) is 2.99. The molecule has 2 heterocycles. The van der Waals surface area contributed by atoms with E-state index in [1.54, 1.807) is 17.6 Å². The average molecular weight is 331 g/mol. The number of aryl methyl sites for hydroxylation is 1. The number of thiazole rings is 1. The summed E-state index contributed by atoms with van der Waals surface area (Å²) in [5, 5.41) is 6.99. The maximum atomic E-state index is 5.71. The van der Waals surface area contributed by atoms with Gasteiger partial charge in [0.15, 0.2) is 0 Å². The van der Waals surface area contributed by atoms with Gasteiger partial charge in [0.25, 0.3) is 0 Å². The fraction of sp³-hybridized carbons (Fsp3) is 0.412. The quantitative estimate of drug-likeness (QED) is 0.622. The predicted octanol–water partition coefficient (Wildman–Crippen LogP) is 3.59. The molecule has 1 saturated heterocycles. The van der Waals surface area contributed by atoms with E-state index in [-0.39, 0.29) is 6.10 Å². The molecule has 23 heavy (non-hydrogen) atoms. The van der Waals surface area contributed by atoms with Crippen molar-refractivity contribution < 1.29 is 9.47 Å². The number of benzene rings is 1. The highest BCUT2D eigenvalue weighted by Gasteiger charge is 2.15. The van der Waals surface area contributed by atoms with E-state index in [0.717, 1.165) is 41.4 Å². The Labute approximate surface area is 140 Å². The Morgan fingerprint density at radius 1 is 1.43 bits per heavy atom. The summed E-state index contributed by atoms with van der Waals surface area (Å²) in [5.74, 6) is 0. The van der Waals surface area contributed by atoms with E-state index in [0.29, 0.717) is 13.2 Å². The first-order valence-electron chi connectivity index (χ1n) is 7.79. The van der Waals surface area contributed by atoms with Crippen molar-refractivity contribution in [1.82, 2.24) is 4.98 Å². The number of hydrogen-bond donors (Lipinski definition) is 1. The van der Waals surface area contributed by atoms with Gasteiger partial charge in [0.1, 0.15) is 0 Å². The molecule has 1 fully saturated rings. The van der Waals surface area contributed by atoms with E-state index in [9.17, 15) is 0 Å². The third-order valence-corrected chi connectivity index (χ3v) is 4.43. The molecule has 0 saturated carbocycles. The van der Waals surface area contributed by atoms with Crippen molar-refractivity contribution in [2.45, 2.75) is 32.5 Å². The molecule has 0 spiro atoms. The summed E-state index contributed by atoms with van der Waals surface area (Å²) < 4.78 is 11.2. The zero-order valence-corrected chi connectivity index (χ0v) is 14.0. The van der Waals surface area contributed by atoms with Gasteiger partial charge in [-0.1, -0.05) is 24.3 Å². The fourth-order valence-electron chi connectivity index (χ4n) is 2.35. The van der Waals surface area contributed by atoms with Crippen LogP contribution in [0.2, 0.25) is 0 Å². The topological polar surface area (TPSA) is 55.7 Å². The van der Waals surface area contributed by atoms with Gasteiger partial charge in [0, 0.05) is 12.0 Å². The molecule has 0 amide bonds. The lowest BCUT2D eigenvalue weighted by molar-refractivity contribution is 0.0106. The highest BCUT2D eigenvalue weighted by molar-refractivity contribution is 7.13. The minimum absolute atomic E-state index is 0.280. The lowest BCUT2D eigenvalue weighted by Gasteiger charge is -2.10. The largest absolute Gasteiger partial charge is 0.376 e. The zero-order valence-electron chi connectivity index (χ0n) is 13.2. The SMILES string of the molecule is Cc1csc(NN=Cc2ccc(COCC3CCCO3)cc2)n1. The van der Waals surface area contributed by atoms with Crippen LogP contribution in [0.25, 0.3) is 0 Å². The highest BCUT2D eigenvalue weighted by atomic mass is 32.1. The number of nitrogens with zero attached hydrogens (tertiary/aromatic N) is 2. The van der Waals surface area contributed by atoms with Gasteiger partial charge in [0.2, 0.25) is 5.13 Å². The molecule has 122 valence electrons. The molecule has 1 N–H and O–H groups in total. The molecule has 1 aromatic heterocycles. The molecule has 1 aliphatic heterocycles. The predicted molar refractivity (Wildman–Crippen MR) is 93.1 cm³/mol. The first-order chi connectivity index (χ1) is 11.3. The third kappa shape index (κ3) is 5.13. The van der Waals surface area contributed by atoms with E-state index in [1.165, 1.54) is 0 Å². The van der Waals surface area contributed by atoms with Crippen molar-refractivity contribution in [3.63, 3.8) is 0 Å². The first-order valence-corrected chi connectivity index (χ1v) is 8.67. The summed E-state index contributed by atoms with van der Waals surface area (Å²) in [6.45, 7) is 4.13. The van der Waals surface area contributed by atoms with Gasteiger partial charge in [-0.3, -0.25) is 5.43 Å². The maximum Gasteiger partial charge on any atom is 0.203 e. The molecule has 1 unspecified atom stereocenters. The number of aromatic nitrogens is 1. The number of anilines is 1. The molecule has 3 rings (SSSR count). The van der Waals surface area contributed by atoms with Gasteiger partial charge in [0.05, 0.1) is 31.2 Å². The van der Waals surface area contributed by atoms with Crippen LogP contribution in [-0.4, -0.2) is 30.5 Å². The molecule has 1 aromatic carbocycles. The van der Waals surface area contributed by atoms with Crippen molar-refractivity contribution in [3.8, 4) is 0 Å². The Balaban J connectivity index is 1.42. The Hall–Kier alpha value is -1.76. The number of ether oxygens (including phenoxy) is 2. The standard InChI is InChI=1S/C17H21N3O2S/c1-13-12-23-17(19-13)20-18-9-14-4-6-15(7-5-14)10-21-11-16-3-2-8-22-16/h4-7,9,12,16H,2-3,8,10-11H2,1H3,(H,19,20). The number of nitrogens with one attached hydrogen (secondary N) is 1. The minimum atomic E-state index is 0.280. The van der Waals surface area contributed by atoms with Gasteiger partial charge in [-0.2, -0.15) is 5.10 Å². The van der Waals surface area contributed by atoms with E-state index in [4.69, 9.17) is 9.47 Å². The summed E-state index contributed by atoms with van der Waals surface area (Å²) >= 11 is 1.54. The van der Waals surface area contributed by atoms with Crippen LogP contribution in [0.5, 0.6) is 0 Å². The molecule has 6 heteroatoms. The molecule has 0 radical (unpaired) electrons.